The first kappa shape index (κ1) is 16.7. The number of carbonyl (C=O) groups is 1. The van der Waals surface area contributed by atoms with E-state index in [0.717, 1.165) is 22.8 Å². The number of thioether (sulfide) groups is 1. The number of aryl methyl sites for hydroxylation is 1. The first-order valence-electron chi connectivity index (χ1n) is 7.53. The van der Waals surface area contributed by atoms with E-state index in [0.29, 0.717) is 15.8 Å². The van der Waals surface area contributed by atoms with Crippen molar-refractivity contribution in [2.24, 2.45) is 0 Å². The molecule has 1 aliphatic heterocycles. The zero-order valence-corrected chi connectivity index (χ0v) is 15.0. The molecule has 1 saturated heterocycles. The number of benzene rings is 1. The predicted molar refractivity (Wildman–Crippen MR) is 102 cm³/mol. The zero-order valence-electron chi connectivity index (χ0n) is 13.4. The van der Waals surface area contributed by atoms with Gasteiger partial charge in [0, 0.05) is 5.69 Å². The summed E-state index contributed by atoms with van der Waals surface area (Å²) in [4.78, 5) is 19.2. The molecular formula is C18H16N2O2S2. The molecule has 0 N–H and O–H groups in total. The SMILES string of the molecule is CCOc1ccc(N2C(=O)/C(=C\c3cccc(C)n3)SC2=S)cc1. The van der Waals surface area contributed by atoms with Gasteiger partial charge in [-0.05, 0) is 56.3 Å². The highest BCUT2D eigenvalue weighted by atomic mass is 32.2. The van der Waals surface area contributed by atoms with Crippen molar-refractivity contribution in [3.63, 3.8) is 0 Å². The minimum absolute atomic E-state index is 0.127. The fourth-order valence-electron chi connectivity index (χ4n) is 2.33. The Bertz CT molecular complexity index is 816. The summed E-state index contributed by atoms with van der Waals surface area (Å²) in [6.45, 7) is 4.45. The molecule has 4 nitrogen and oxygen atoms in total. The highest BCUT2D eigenvalue weighted by molar-refractivity contribution is 8.27. The fourth-order valence-corrected chi connectivity index (χ4v) is 3.61. The van der Waals surface area contributed by atoms with Gasteiger partial charge in [0.15, 0.2) is 4.32 Å². The molecule has 0 aliphatic carbocycles. The standard InChI is InChI=1S/C18H16N2O2S2/c1-3-22-15-9-7-14(8-10-15)20-17(21)16(24-18(20)23)11-13-6-4-5-12(2)19-13/h4-11H,3H2,1-2H3/b16-11+. The van der Waals surface area contributed by atoms with Gasteiger partial charge in [0.2, 0.25) is 0 Å². The number of aromatic nitrogens is 1. The van der Waals surface area contributed by atoms with Crippen molar-refractivity contribution in [3.05, 3.63) is 58.8 Å². The van der Waals surface area contributed by atoms with E-state index in [-0.39, 0.29) is 5.91 Å². The summed E-state index contributed by atoms with van der Waals surface area (Å²) < 4.78 is 5.94. The Labute approximate surface area is 150 Å². The summed E-state index contributed by atoms with van der Waals surface area (Å²) in [5.74, 6) is 0.642. The fraction of sp³-hybridized carbons (Fsp3) is 0.167. The van der Waals surface area contributed by atoms with Gasteiger partial charge in [-0.3, -0.25) is 14.7 Å². The summed E-state index contributed by atoms with van der Waals surface area (Å²) in [6, 6.07) is 13.1. The number of amides is 1. The average molecular weight is 356 g/mol. The molecule has 2 aromatic rings. The molecule has 1 amide bonds. The van der Waals surface area contributed by atoms with Gasteiger partial charge in [-0.15, -0.1) is 0 Å². The van der Waals surface area contributed by atoms with Crippen molar-refractivity contribution in [3.8, 4) is 5.75 Å². The lowest BCUT2D eigenvalue weighted by molar-refractivity contribution is -0.113. The Kier molecular flexibility index (Phi) is 4.97. The van der Waals surface area contributed by atoms with Gasteiger partial charge in [-0.1, -0.05) is 30.0 Å². The molecule has 0 radical (unpaired) electrons. The maximum absolute atomic E-state index is 12.7. The van der Waals surface area contributed by atoms with Gasteiger partial charge >= 0.3 is 0 Å². The number of pyridine rings is 1. The quantitative estimate of drug-likeness (QED) is 0.607. The normalized spacial score (nSPS) is 16.1. The molecule has 0 saturated carbocycles. The molecule has 1 aliphatic rings. The molecule has 1 aromatic heterocycles. The molecule has 6 heteroatoms. The number of anilines is 1. The summed E-state index contributed by atoms with van der Waals surface area (Å²) in [7, 11) is 0. The smallest absolute Gasteiger partial charge is 0.270 e. The van der Waals surface area contributed by atoms with Gasteiger partial charge < -0.3 is 4.74 Å². The van der Waals surface area contributed by atoms with E-state index in [1.807, 2.05) is 56.3 Å². The molecule has 122 valence electrons. The molecular weight excluding hydrogens is 340 g/mol. The number of thiocarbonyl (C=S) groups is 1. The van der Waals surface area contributed by atoms with Crippen LogP contribution in [0, 0.1) is 6.92 Å². The Hall–Kier alpha value is -2.18. The molecule has 1 aromatic carbocycles. The number of nitrogens with zero attached hydrogens (tertiary/aromatic N) is 2. The van der Waals surface area contributed by atoms with Crippen LogP contribution < -0.4 is 9.64 Å². The van der Waals surface area contributed by atoms with Crippen LogP contribution in [0.1, 0.15) is 18.3 Å². The second-order valence-corrected chi connectivity index (χ2v) is 6.82. The molecule has 2 heterocycles. The maximum Gasteiger partial charge on any atom is 0.270 e. The minimum Gasteiger partial charge on any atom is -0.494 e. The van der Waals surface area contributed by atoms with Crippen molar-refractivity contribution >= 4 is 46.0 Å². The monoisotopic (exact) mass is 356 g/mol. The lowest BCUT2D eigenvalue weighted by Crippen LogP contribution is -2.27. The summed E-state index contributed by atoms with van der Waals surface area (Å²) in [6.07, 6.45) is 1.78. The summed E-state index contributed by atoms with van der Waals surface area (Å²) >= 11 is 6.67. The third-order valence-corrected chi connectivity index (χ3v) is 4.69. The third kappa shape index (κ3) is 3.49. The van der Waals surface area contributed by atoms with Gasteiger partial charge in [0.05, 0.1) is 22.9 Å². The molecule has 0 atom stereocenters. The highest BCUT2D eigenvalue weighted by Crippen LogP contribution is 2.36. The third-order valence-electron chi connectivity index (χ3n) is 3.39. The van der Waals surface area contributed by atoms with Crippen LogP contribution in [0.25, 0.3) is 6.08 Å². The second-order valence-electron chi connectivity index (χ2n) is 5.15. The maximum atomic E-state index is 12.7. The molecule has 0 bridgehead atoms. The van der Waals surface area contributed by atoms with Crippen LogP contribution in [0.4, 0.5) is 5.69 Å². The van der Waals surface area contributed by atoms with Crippen LogP contribution in [-0.2, 0) is 4.79 Å². The molecule has 24 heavy (non-hydrogen) atoms. The van der Waals surface area contributed by atoms with E-state index in [9.17, 15) is 4.79 Å². The number of hydrogen-bond acceptors (Lipinski definition) is 5. The highest BCUT2D eigenvalue weighted by Gasteiger charge is 2.33. The lowest BCUT2D eigenvalue weighted by atomic mass is 10.2. The second kappa shape index (κ2) is 7.15. The van der Waals surface area contributed by atoms with Crippen molar-refractivity contribution in [2.45, 2.75) is 13.8 Å². The van der Waals surface area contributed by atoms with E-state index in [4.69, 9.17) is 17.0 Å². The van der Waals surface area contributed by atoms with Gasteiger partial charge in [-0.25, -0.2) is 0 Å². The zero-order chi connectivity index (χ0) is 17.1. The van der Waals surface area contributed by atoms with Crippen LogP contribution in [-0.4, -0.2) is 21.8 Å². The van der Waals surface area contributed by atoms with Crippen molar-refractivity contribution in [1.82, 2.24) is 4.98 Å². The van der Waals surface area contributed by atoms with E-state index < -0.39 is 0 Å². The number of ether oxygens (including phenoxy) is 1. The molecule has 3 rings (SSSR count). The summed E-state index contributed by atoms with van der Waals surface area (Å²) in [5.41, 5.74) is 2.40. The van der Waals surface area contributed by atoms with Gasteiger partial charge in [0.1, 0.15) is 5.75 Å². The van der Waals surface area contributed by atoms with Crippen molar-refractivity contribution in [2.75, 3.05) is 11.5 Å². The van der Waals surface area contributed by atoms with Crippen LogP contribution in [0.3, 0.4) is 0 Å². The topological polar surface area (TPSA) is 42.4 Å². The minimum atomic E-state index is -0.127. The van der Waals surface area contributed by atoms with Crippen LogP contribution in [0.15, 0.2) is 47.4 Å². The number of rotatable bonds is 4. The number of carbonyl (C=O) groups excluding carboxylic acids is 1. The summed E-state index contributed by atoms with van der Waals surface area (Å²) in [5, 5.41) is 0. The molecule has 1 fully saturated rings. The van der Waals surface area contributed by atoms with E-state index in [1.165, 1.54) is 16.7 Å². The first-order chi connectivity index (χ1) is 11.6. The Morgan fingerprint density at radius 1 is 1.25 bits per heavy atom. The molecule has 0 spiro atoms. The number of hydrogen-bond donors (Lipinski definition) is 0. The largest absolute Gasteiger partial charge is 0.494 e. The van der Waals surface area contributed by atoms with Gasteiger partial charge in [0.25, 0.3) is 5.91 Å². The van der Waals surface area contributed by atoms with Crippen molar-refractivity contribution in [1.29, 1.82) is 0 Å². The van der Waals surface area contributed by atoms with Crippen LogP contribution in [0.2, 0.25) is 0 Å². The van der Waals surface area contributed by atoms with Crippen LogP contribution >= 0.6 is 24.0 Å². The predicted octanol–water partition coefficient (Wildman–Crippen LogP) is 4.19. The average Bonchev–Trinajstić information content (AvgIpc) is 2.83. The molecule has 0 unspecified atom stereocenters. The lowest BCUT2D eigenvalue weighted by Gasteiger charge is -2.15. The van der Waals surface area contributed by atoms with E-state index in [1.54, 1.807) is 6.08 Å². The Morgan fingerprint density at radius 2 is 2.00 bits per heavy atom. The van der Waals surface area contributed by atoms with E-state index in [2.05, 4.69) is 4.98 Å². The first-order valence-corrected chi connectivity index (χ1v) is 8.75. The van der Waals surface area contributed by atoms with Crippen molar-refractivity contribution < 1.29 is 9.53 Å². The van der Waals surface area contributed by atoms with E-state index >= 15 is 0 Å². The van der Waals surface area contributed by atoms with Gasteiger partial charge in [-0.2, -0.15) is 0 Å². The Morgan fingerprint density at radius 3 is 2.67 bits per heavy atom. The van der Waals surface area contributed by atoms with Crippen LogP contribution in [0.5, 0.6) is 5.75 Å². The Balaban J connectivity index is 1.86.